The topological polar surface area (TPSA) is 44.8 Å². The third kappa shape index (κ3) is 6.18. The van der Waals surface area contributed by atoms with Crippen LogP contribution < -0.4 is 0 Å². The standard InChI is InChI=1S/C15H20O4/c1-12-6-13(2)8-14(7-12)9-15(10-16)19-11-18-5-4-17-3/h6-10H,4-5,11H2,1-3H3. The third-order valence-corrected chi connectivity index (χ3v) is 2.41. The lowest BCUT2D eigenvalue weighted by Crippen LogP contribution is -2.06. The molecule has 1 aromatic rings. The molecule has 0 amide bonds. The maximum Gasteiger partial charge on any atom is 0.189 e. The molecule has 0 unspecified atom stereocenters. The molecule has 0 spiro atoms. The Hall–Kier alpha value is -1.65. The van der Waals surface area contributed by atoms with Gasteiger partial charge in [-0.3, -0.25) is 4.79 Å². The number of ether oxygens (including phenoxy) is 3. The summed E-state index contributed by atoms with van der Waals surface area (Å²) in [5.74, 6) is 0.252. The van der Waals surface area contributed by atoms with Gasteiger partial charge in [0.1, 0.15) is 0 Å². The summed E-state index contributed by atoms with van der Waals surface area (Å²) in [4.78, 5) is 10.9. The molecule has 0 fully saturated rings. The molecule has 104 valence electrons. The Morgan fingerprint density at radius 1 is 1.16 bits per heavy atom. The molecule has 0 aliphatic rings. The van der Waals surface area contributed by atoms with E-state index in [9.17, 15) is 4.79 Å². The summed E-state index contributed by atoms with van der Waals surface area (Å²) >= 11 is 0. The molecule has 0 saturated carbocycles. The Balaban J connectivity index is 2.57. The van der Waals surface area contributed by atoms with Crippen LogP contribution in [0.15, 0.2) is 24.0 Å². The summed E-state index contributed by atoms with van der Waals surface area (Å²) in [6.45, 7) is 5.00. The molecule has 19 heavy (non-hydrogen) atoms. The second-order valence-electron chi connectivity index (χ2n) is 4.25. The van der Waals surface area contributed by atoms with Crippen molar-refractivity contribution in [2.75, 3.05) is 27.1 Å². The fourth-order valence-corrected chi connectivity index (χ4v) is 1.68. The van der Waals surface area contributed by atoms with Crippen molar-refractivity contribution in [2.24, 2.45) is 0 Å². The normalized spacial score (nSPS) is 11.4. The van der Waals surface area contributed by atoms with Gasteiger partial charge in [-0.05, 0) is 25.5 Å². The summed E-state index contributed by atoms with van der Waals surface area (Å²) in [6.07, 6.45) is 2.38. The Morgan fingerprint density at radius 3 is 2.42 bits per heavy atom. The van der Waals surface area contributed by atoms with Crippen molar-refractivity contribution in [3.8, 4) is 0 Å². The monoisotopic (exact) mass is 264 g/mol. The van der Waals surface area contributed by atoms with Crippen LogP contribution in [0.1, 0.15) is 16.7 Å². The largest absolute Gasteiger partial charge is 0.464 e. The molecule has 0 saturated heterocycles. The number of methoxy groups -OCH3 is 1. The first-order valence-corrected chi connectivity index (χ1v) is 6.10. The van der Waals surface area contributed by atoms with Gasteiger partial charge in [0.25, 0.3) is 0 Å². The second-order valence-corrected chi connectivity index (χ2v) is 4.25. The highest BCUT2D eigenvalue weighted by Gasteiger charge is 1.99. The van der Waals surface area contributed by atoms with Gasteiger partial charge in [0, 0.05) is 7.11 Å². The van der Waals surface area contributed by atoms with Gasteiger partial charge in [-0.25, -0.2) is 0 Å². The molecular formula is C15H20O4. The molecule has 0 N–H and O–H groups in total. The van der Waals surface area contributed by atoms with Crippen LogP contribution >= 0.6 is 0 Å². The number of carbonyl (C=O) groups is 1. The molecule has 4 heteroatoms. The minimum atomic E-state index is 0.0404. The number of aldehydes is 1. The highest BCUT2D eigenvalue weighted by Crippen LogP contribution is 2.12. The van der Waals surface area contributed by atoms with Crippen LogP contribution in [0.3, 0.4) is 0 Å². The van der Waals surface area contributed by atoms with E-state index in [0.717, 1.165) is 16.7 Å². The molecule has 0 aromatic heterocycles. The maximum absolute atomic E-state index is 10.9. The first kappa shape index (κ1) is 15.4. The van der Waals surface area contributed by atoms with Gasteiger partial charge in [-0.2, -0.15) is 0 Å². The lowest BCUT2D eigenvalue weighted by Gasteiger charge is -2.07. The highest BCUT2D eigenvalue weighted by molar-refractivity contribution is 5.79. The van der Waals surface area contributed by atoms with Gasteiger partial charge >= 0.3 is 0 Å². The van der Waals surface area contributed by atoms with Gasteiger partial charge in [-0.1, -0.05) is 29.3 Å². The van der Waals surface area contributed by atoms with Gasteiger partial charge in [0.2, 0.25) is 0 Å². The average molecular weight is 264 g/mol. The molecule has 0 aliphatic heterocycles. The molecule has 0 bridgehead atoms. The van der Waals surface area contributed by atoms with Crippen molar-refractivity contribution in [3.05, 3.63) is 40.6 Å². The van der Waals surface area contributed by atoms with Crippen molar-refractivity contribution in [1.29, 1.82) is 0 Å². The minimum Gasteiger partial charge on any atom is -0.464 e. The predicted octanol–water partition coefficient (Wildman–Crippen LogP) is 2.48. The van der Waals surface area contributed by atoms with E-state index in [-0.39, 0.29) is 12.6 Å². The van der Waals surface area contributed by atoms with Gasteiger partial charge in [0.05, 0.1) is 13.2 Å². The lowest BCUT2D eigenvalue weighted by atomic mass is 10.1. The number of benzene rings is 1. The van der Waals surface area contributed by atoms with Crippen LogP contribution in [0, 0.1) is 13.8 Å². The first-order valence-electron chi connectivity index (χ1n) is 6.10. The minimum absolute atomic E-state index is 0.0404. The van der Waals surface area contributed by atoms with E-state index >= 15 is 0 Å². The van der Waals surface area contributed by atoms with Gasteiger partial charge in [-0.15, -0.1) is 0 Å². The van der Waals surface area contributed by atoms with E-state index in [4.69, 9.17) is 14.2 Å². The third-order valence-electron chi connectivity index (χ3n) is 2.41. The fraction of sp³-hybridized carbons (Fsp3) is 0.400. The summed E-state index contributed by atoms with van der Waals surface area (Å²) in [6, 6.07) is 6.06. The van der Waals surface area contributed by atoms with Gasteiger partial charge < -0.3 is 14.2 Å². The zero-order chi connectivity index (χ0) is 14.1. The Bertz CT molecular complexity index is 418. The zero-order valence-electron chi connectivity index (χ0n) is 11.6. The van der Waals surface area contributed by atoms with E-state index in [1.54, 1.807) is 13.2 Å². The van der Waals surface area contributed by atoms with Crippen molar-refractivity contribution < 1.29 is 19.0 Å². The van der Waals surface area contributed by atoms with Crippen molar-refractivity contribution in [3.63, 3.8) is 0 Å². The van der Waals surface area contributed by atoms with Crippen LogP contribution in [0.2, 0.25) is 0 Å². The average Bonchev–Trinajstić information content (AvgIpc) is 2.36. The smallest absolute Gasteiger partial charge is 0.189 e. The molecular weight excluding hydrogens is 244 g/mol. The van der Waals surface area contributed by atoms with Crippen molar-refractivity contribution in [1.82, 2.24) is 0 Å². The molecule has 1 aromatic carbocycles. The first-order chi connectivity index (χ1) is 9.15. The summed E-state index contributed by atoms with van der Waals surface area (Å²) in [5.41, 5.74) is 3.23. The quantitative estimate of drug-likeness (QED) is 0.238. The van der Waals surface area contributed by atoms with Gasteiger partial charge in [0.15, 0.2) is 18.8 Å². The summed E-state index contributed by atoms with van der Waals surface area (Å²) in [7, 11) is 1.60. The lowest BCUT2D eigenvalue weighted by molar-refractivity contribution is -0.111. The number of hydrogen-bond donors (Lipinski definition) is 0. The predicted molar refractivity (Wildman–Crippen MR) is 73.7 cm³/mol. The molecule has 4 nitrogen and oxygen atoms in total. The molecule has 0 atom stereocenters. The number of hydrogen-bond acceptors (Lipinski definition) is 4. The van der Waals surface area contributed by atoms with E-state index in [1.807, 2.05) is 26.0 Å². The summed E-state index contributed by atoms with van der Waals surface area (Å²) in [5, 5.41) is 0. The van der Waals surface area contributed by atoms with Crippen LogP contribution in [0.4, 0.5) is 0 Å². The zero-order valence-corrected chi connectivity index (χ0v) is 11.6. The highest BCUT2D eigenvalue weighted by atomic mass is 16.7. The Morgan fingerprint density at radius 2 is 1.84 bits per heavy atom. The second kappa shape index (κ2) is 8.45. The van der Waals surface area contributed by atoms with Crippen LogP contribution in [0.25, 0.3) is 6.08 Å². The fourth-order valence-electron chi connectivity index (χ4n) is 1.68. The van der Waals surface area contributed by atoms with Crippen molar-refractivity contribution >= 4 is 12.4 Å². The van der Waals surface area contributed by atoms with E-state index in [0.29, 0.717) is 19.5 Å². The maximum atomic E-state index is 10.9. The van der Waals surface area contributed by atoms with Crippen LogP contribution in [-0.4, -0.2) is 33.4 Å². The number of carbonyl (C=O) groups excluding carboxylic acids is 1. The van der Waals surface area contributed by atoms with Crippen LogP contribution in [-0.2, 0) is 19.0 Å². The SMILES string of the molecule is COCCOCOC(C=O)=Cc1cc(C)cc(C)c1. The summed E-state index contributed by atoms with van der Waals surface area (Å²) < 4.78 is 15.2. The Kier molecular flexibility index (Phi) is 6.85. The number of allylic oxidation sites excluding steroid dienone is 1. The van der Waals surface area contributed by atoms with Crippen LogP contribution in [0.5, 0.6) is 0 Å². The van der Waals surface area contributed by atoms with E-state index < -0.39 is 0 Å². The number of rotatable bonds is 8. The number of aryl methyl sites for hydroxylation is 2. The molecule has 0 radical (unpaired) electrons. The van der Waals surface area contributed by atoms with Crippen molar-refractivity contribution in [2.45, 2.75) is 13.8 Å². The van der Waals surface area contributed by atoms with E-state index in [2.05, 4.69) is 6.07 Å². The molecule has 0 heterocycles. The molecule has 0 aliphatic carbocycles. The molecule has 1 rings (SSSR count). The Labute approximate surface area is 114 Å². The van der Waals surface area contributed by atoms with E-state index in [1.165, 1.54) is 0 Å².